The summed E-state index contributed by atoms with van der Waals surface area (Å²) in [5, 5.41) is 13.6. The Morgan fingerprint density at radius 1 is 1.22 bits per heavy atom. The quantitative estimate of drug-likeness (QED) is 0.512. The van der Waals surface area contributed by atoms with Gasteiger partial charge in [0.05, 0.1) is 38.8 Å². The van der Waals surface area contributed by atoms with Crippen molar-refractivity contribution in [2.45, 2.75) is 6.10 Å². The van der Waals surface area contributed by atoms with Gasteiger partial charge < -0.3 is 14.8 Å². The zero-order valence-electron chi connectivity index (χ0n) is 14.1. The highest BCUT2D eigenvalue weighted by molar-refractivity contribution is 7.19. The van der Waals surface area contributed by atoms with E-state index in [4.69, 9.17) is 16.0 Å². The summed E-state index contributed by atoms with van der Waals surface area (Å²) in [5.41, 5.74) is 1.89. The molecular weight excluding hydrogens is 384 g/mol. The molecule has 136 valence electrons. The smallest absolute Gasteiger partial charge is 0.252 e. The van der Waals surface area contributed by atoms with Crippen LogP contribution in [0.5, 0.6) is 0 Å². The van der Waals surface area contributed by atoms with E-state index in [1.807, 2.05) is 30.3 Å². The third-order valence-corrected chi connectivity index (χ3v) is 5.37. The van der Waals surface area contributed by atoms with Gasteiger partial charge in [0, 0.05) is 5.39 Å². The lowest BCUT2D eigenvalue weighted by Gasteiger charge is -2.12. The van der Waals surface area contributed by atoms with Crippen LogP contribution in [0, 0.1) is 0 Å². The molecule has 1 aromatic carbocycles. The van der Waals surface area contributed by atoms with Crippen molar-refractivity contribution in [2.75, 3.05) is 6.54 Å². The summed E-state index contributed by atoms with van der Waals surface area (Å²) < 4.78 is 5.82. The van der Waals surface area contributed by atoms with Crippen LogP contribution in [0.3, 0.4) is 0 Å². The van der Waals surface area contributed by atoms with Crippen LogP contribution < -0.4 is 5.32 Å². The lowest BCUT2D eigenvalue weighted by Crippen LogP contribution is -2.28. The van der Waals surface area contributed by atoms with Crippen LogP contribution in [0.2, 0.25) is 4.34 Å². The van der Waals surface area contributed by atoms with Crippen LogP contribution in [-0.2, 0) is 0 Å². The number of aromatic nitrogens is 1. The van der Waals surface area contributed by atoms with Gasteiger partial charge >= 0.3 is 0 Å². The summed E-state index contributed by atoms with van der Waals surface area (Å²) in [4.78, 5) is 18.3. The fraction of sp³-hybridized carbons (Fsp3) is 0.100. The van der Waals surface area contributed by atoms with Crippen molar-refractivity contribution in [3.63, 3.8) is 0 Å². The monoisotopic (exact) mass is 398 g/mol. The average molecular weight is 399 g/mol. The summed E-state index contributed by atoms with van der Waals surface area (Å²) in [5.74, 6) is 0.118. The molecule has 4 aromatic rings. The summed E-state index contributed by atoms with van der Waals surface area (Å²) in [6.07, 6.45) is 0.572. The van der Waals surface area contributed by atoms with Gasteiger partial charge in [-0.05, 0) is 36.4 Å². The second kappa shape index (κ2) is 7.52. The molecule has 0 radical (unpaired) electrons. The third-order valence-electron chi connectivity index (χ3n) is 4.11. The van der Waals surface area contributed by atoms with Crippen molar-refractivity contribution in [3.8, 4) is 10.6 Å². The first-order chi connectivity index (χ1) is 13.1. The molecule has 27 heavy (non-hydrogen) atoms. The number of halogens is 1. The van der Waals surface area contributed by atoms with Crippen LogP contribution in [0.25, 0.3) is 21.5 Å². The molecule has 0 spiro atoms. The summed E-state index contributed by atoms with van der Waals surface area (Å²) in [7, 11) is 0. The first kappa shape index (κ1) is 17.7. The first-order valence-corrected chi connectivity index (χ1v) is 9.46. The maximum atomic E-state index is 12.8. The molecule has 4 rings (SSSR count). The van der Waals surface area contributed by atoms with Gasteiger partial charge in [-0.3, -0.25) is 4.79 Å². The summed E-state index contributed by atoms with van der Waals surface area (Å²) >= 11 is 7.44. The molecule has 1 amide bonds. The molecule has 0 fully saturated rings. The Labute approximate surface area is 164 Å². The first-order valence-electron chi connectivity index (χ1n) is 8.27. The molecule has 0 aliphatic heterocycles. The SMILES string of the molecule is O=C(NCC(O)c1ccco1)c1cc(-c2ccc(Cl)s2)nc2ccccc12. The van der Waals surface area contributed by atoms with Gasteiger partial charge in [0.25, 0.3) is 5.91 Å². The number of furan rings is 1. The van der Waals surface area contributed by atoms with Crippen molar-refractivity contribution in [1.82, 2.24) is 10.3 Å². The van der Waals surface area contributed by atoms with E-state index in [1.54, 1.807) is 24.3 Å². The van der Waals surface area contributed by atoms with Crippen LogP contribution in [0.15, 0.2) is 65.3 Å². The van der Waals surface area contributed by atoms with Gasteiger partial charge in [-0.15, -0.1) is 11.3 Å². The molecule has 3 heterocycles. The molecule has 0 saturated heterocycles. The number of fused-ring (bicyclic) bond motifs is 1. The Morgan fingerprint density at radius 3 is 2.81 bits per heavy atom. The fourth-order valence-corrected chi connectivity index (χ4v) is 3.81. The molecule has 5 nitrogen and oxygen atoms in total. The second-order valence-corrected chi connectivity index (χ2v) is 7.63. The molecule has 3 aromatic heterocycles. The number of rotatable bonds is 5. The maximum absolute atomic E-state index is 12.8. The number of hydrogen-bond donors (Lipinski definition) is 2. The van der Waals surface area contributed by atoms with Crippen molar-refractivity contribution >= 4 is 39.7 Å². The van der Waals surface area contributed by atoms with Crippen LogP contribution in [-0.4, -0.2) is 22.5 Å². The number of hydrogen-bond acceptors (Lipinski definition) is 5. The number of para-hydroxylation sites is 1. The fourth-order valence-electron chi connectivity index (χ4n) is 2.81. The van der Waals surface area contributed by atoms with Gasteiger partial charge in [-0.2, -0.15) is 0 Å². The number of aliphatic hydroxyl groups is 1. The van der Waals surface area contributed by atoms with Gasteiger partial charge in [0.1, 0.15) is 11.9 Å². The van der Waals surface area contributed by atoms with Crippen LogP contribution in [0.1, 0.15) is 22.2 Å². The van der Waals surface area contributed by atoms with Crippen molar-refractivity contribution in [3.05, 3.63) is 76.5 Å². The number of thiophene rings is 1. The molecule has 0 aliphatic rings. The van der Waals surface area contributed by atoms with E-state index in [2.05, 4.69) is 10.3 Å². The minimum Gasteiger partial charge on any atom is -0.467 e. The average Bonchev–Trinajstić information content (AvgIpc) is 3.37. The predicted molar refractivity (Wildman–Crippen MR) is 106 cm³/mol. The van der Waals surface area contributed by atoms with E-state index in [1.165, 1.54) is 17.6 Å². The van der Waals surface area contributed by atoms with Crippen molar-refractivity contribution in [1.29, 1.82) is 0 Å². The Morgan fingerprint density at radius 2 is 2.07 bits per heavy atom. The third kappa shape index (κ3) is 3.73. The zero-order valence-corrected chi connectivity index (χ0v) is 15.6. The molecule has 2 N–H and O–H groups in total. The topological polar surface area (TPSA) is 75.4 Å². The number of carbonyl (C=O) groups is 1. The Hall–Kier alpha value is -2.67. The number of nitrogens with zero attached hydrogens (tertiary/aromatic N) is 1. The minimum absolute atomic E-state index is 0.0448. The van der Waals surface area contributed by atoms with Gasteiger partial charge in [0.2, 0.25) is 0 Å². The largest absolute Gasteiger partial charge is 0.467 e. The highest BCUT2D eigenvalue weighted by Gasteiger charge is 2.17. The molecule has 0 bridgehead atoms. The molecule has 0 aliphatic carbocycles. The van der Waals surface area contributed by atoms with E-state index in [0.717, 1.165) is 15.8 Å². The number of amides is 1. The number of carbonyl (C=O) groups excluding carboxylic acids is 1. The van der Waals surface area contributed by atoms with E-state index < -0.39 is 6.10 Å². The van der Waals surface area contributed by atoms with Crippen LogP contribution >= 0.6 is 22.9 Å². The van der Waals surface area contributed by atoms with E-state index in [0.29, 0.717) is 21.4 Å². The Balaban J connectivity index is 1.66. The Bertz CT molecular complexity index is 1090. The standard InChI is InChI=1S/C20H15ClN2O3S/c21-19-8-7-18(27-19)15-10-13(12-4-1-2-5-14(12)23-15)20(25)22-11-16(24)17-6-3-9-26-17/h1-10,16,24H,11H2,(H,22,25). The van der Waals surface area contributed by atoms with Crippen LogP contribution in [0.4, 0.5) is 0 Å². The van der Waals surface area contributed by atoms with Gasteiger partial charge in [0.15, 0.2) is 0 Å². The van der Waals surface area contributed by atoms with Gasteiger partial charge in [-0.25, -0.2) is 4.98 Å². The number of aliphatic hydroxyl groups excluding tert-OH is 1. The number of benzene rings is 1. The predicted octanol–water partition coefficient (Wildman–Crippen LogP) is 4.67. The maximum Gasteiger partial charge on any atom is 0.252 e. The van der Waals surface area contributed by atoms with E-state index >= 15 is 0 Å². The molecule has 1 unspecified atom stereocenters. The highest BCUT2D eigenvalue weighted by Crippen LogP contribution is 2.32. The Kier molecular flexibility index (Phi) is 4.94. The minimum atomic E-state index is -0.910. The summed E-state index contributed by atoms with van der Waals surface area (Å²) in [6.45, 7) is 0.0448. The molecule has 7 heteroatoms. The molecule has 0 saturated carbocycles. The lowest BCUT2D eigenvalue weighted by molar-refractivity contribution is 0.0902. The van der Waals surface area contributed by atoms with Crippen molar-refractivity contribution in [2.24, 2.45) is 0 Å². The molecule has 1 atom stereocenters. The zero-order chi connectivity index (χ0) is 18.8. The van der Waals surface area contributed by atoms with Gasteiger partial charge in [-0.1, -0.05) is 29.8 Å². The van der Waals surface area contributed by atoms with Crippen molar-refractivity contribution < 1.29 is 14.3 Å². The van der Waals surface area contributed by atoms with E-state index in [9.17, 15) is 9.90 Å². The summed E-state index contributed by atoms with van der Waals surface area (Å²) in [6, 6.07) is 16.2. The highest BCUT2D eigenvalue weighted by atomic mass is 35.5. The van der Waals surface area contributed by atoms with E-state index in [-0.39, 0.29) is 12.5 Å². The number of nitrogens with one attached hydrogen (secondary N) is 1. The lowest BCUT2D eigenvalue weighted by atomic mass is 10.1. The second-order valence-electron chi connectivity index (χ2n) is 5.92. The molecular formula is C20H15ClN2O3S. The number of pyridine rings is 1. The normalized spacial score (nSPS) is 12.2.